The molecule has 1 fully saturated rings. The van der Waals surface area contributed by atoms with Crippen LogP contribution in [-0.2, 0) is 26.2 Å². The molecule has 1 amide bonds. The number of likely N-dealkylation sites (N-methyl/N-ethyl adjacent to an activating group) is 1. The summed E-state index contributed by atoms with van der Waals surface area (Å²) in [6, 6.07) is 11.7. The minimum absolute atomic E-state index is 0.140. The van der Waals surface area contributed by atoms with Gasteiger partial charge in [0.2, 0.25) is 5.95 Å². The van der Waals surface area contributed by atoms with Crippen LogP contribution >= 0.6 is 0 Å². The molecule has 0 radical (unpaired) electrons. The highest BCUT2D eigenvalue weighted by Crippen LogP contribution is 2.30. The average molecular weight is 1100 g/mol. The van der Waals surface area contributed by atoms with E-state index in [1.807, 2.05) is 83.5 Å². The zero-order valence-electron chi connectivity index (χ0n) is 52.9. The van der Waals surface area contributed by atoms with E-state index in [-0.39, 0.29) is 30.0 Å². The summed E-state index contributed by atoms with van der Waals surface area (Å²) in [5.74, 6) is 2.69. The second-order valence-electron chi connectivity index (χ2n) is 23.0. The van der Waals surface area contributed by atoms with E-state index in [0.717, 1.165) is 112 Å². The number of aliphatic hydroxyl groups excluding tert-OH is 1. The van der Waals surface area contributed by atoms with Gasteiger partial charge in [-0.05, 0) is 132 Å². The van der Waals surface area contributed by atoms with Crippen molar-refractivity contribution in [3.63, 3.8) is 0 Å². The lowest BCUT2D eigenvalue weighted by Crippen LogP contribution is -2.50. The summed E-state index contributed by atoms with van der Waals surface area (Å²) in [7, 11) is 5.77. The van der Waals surface area contributed by atoms with Crippen molar-refractivity contribution in [2.24, 2.45) is 18.9 Å². The van der Waals surface area contributed by atoms with Gasteiger partial charge < -0.3 is 29.0 Å². The Kier molecular flexibility index (Phi) is 37.6. The van der Waals surface area contributed by atoms with E-state index in [0.29, 0.717) is 42.7 Å². The van der Waals surface area contributed by atoms with Crippen LogP contribution in [0.2, 0.25) is 0 Å². The normalized spacial score (nSPS) is 16.7. The number of rotatable bonds is 27. The zero-order chi connectivity index (χ0) is 59.3. The standard InChI is InChI=1S/C29H40N4O3.C15H24FN.C10H18O2.C9H20.C5H10/c1-8-9-20(2)16-23(18-22(4)24-19-33(6,14-15-34)13-12-27(24)36-7)28(35)31-29-30-25-11-10-21(3)17-26(25)32(29)5;1-4-6-8-14(7-5-2)17-15-10-12(3)9-13(16)11-15;1-4-8(2)10(12)7-5-6-9(3)11;1-4-6-8-9(3)7-5-2;1-2-4-5-3-1/h9-11,16-18,34H,8,12-15,19H2,1-7H3;9-11,14,17H,4-8H2,1-3H3;8H,4-7H2,1-3H3;9H,4-8H2,1-3H3;1-5H2/p+1/b20-9+,22-18+,23-16+;;;;. The van der Waals surface area contributed by atoms with Crippen molar-refractivity contribution in [3.8, 4) is 0 Å². The lowest BCUT2D eigenvalue weighted by Gasteiger charge is -2.39. The maximum atomic E-state index is 13.6. The Morgan fingerprint density at radius 2 is 1.47 bits per heavy atom. The molecule has 4 atom stereocenters. The van der Waals surface area contributed by atoms with Gasteiger partial charge in [-0.2, -0.15) is 0 Å². The van der Waals surface area contributed by atoms with Crippen molar-refractivity contribution in [1.82, 2.24) is 9.55 Å². The fraction of sp³-hybridized carbons (Fsp3) is 0.647. The number of imidazole rings is 1. The summed E-state index contributed by atoms with van der Waals surface area (Å²) in [6.07, 6.45) is 30.8. The smallest absolute Gasteiger partial charge is 0.257 e. The number of carbonyl (C=O) groups excluding carboxylic acids is 3. The van der Waals surface area contributed by atoms with E-state index in [9.17, 15) is 23.9 Å². The Morgan fingerprint density at radius 1 is 0.823 bits per heavy atom. The van der Waals surface area contributed by atoms with Gasteiger partial charge in [-0.1, -0.05) is 157 Å². The largest absolute Gasteiger partial charge is 0.500 e. The van der Waals surface area contributed by atoms with Crippen LogP contribution in [0.1, 0.15) is 222 Å². The molecule has 11 heteroatoms. The van der Waals surface area contributed by atoms with Crippen LogP contribution in [0.25, 0.3) is 11.0 Å². The topological polar surface area (TPSA) is 123 Å². The van der Waals surface area contributed by atoms with Crippen LogP contribution in [0.4, 0.5) is 16.0 Å². The quantitative estimate of drug-likeness (QED) is 0.0395. The molecule has 4 unspecified atom stereocenters. The van der Waals surface area contributed by atoms with Crippen molar-refractivity contribution in [2.45, 2.75) is 231 Å². The first kappa shape index (κ1) is 72.1. The molecule has 3 N–H and O–H groups in total. The molecular formula is C68H113FN5O5+. The molecule has 79 heavy (non-hydrogen) atoms. The number of amides is 1. The second kappa shape index (κ2) is 41.2. The number of anilines is 2. The molecule has 10 nitrogen and oxygen atoms in total. The number of methoxy groups -OCH3 is 1. The summed E-state index contributed by atoms with van der Waals surface area (Å²) < 4.78 is 21.7. The Bertz CT molecular complexity index is 2330. The predicted molar refractivity (Wildman–Crippen MR) is 335 cm³/mol. The van der Waals surface area contributed by atoms with Crippen molar-refractivity contribution < 1.29 is 33.1 Å². The van der Waals surface area contributed by atoms with Crippen molar-refractivity contribution in [2.75, 3.05) is 51.0 Å². The Balaban J connectivity index is 0.000000594. The van der Waals surface area contributed by atoms with Gasteiger partial charge in [0, 0.05) is 48.7 Å². The Labute approximate surface area is 481 Å². The third-order valence-corrected chi connectivity index (χ3v) is 15.1. The van der Waals surface area contributed by atoms with Crippen LogP contribution in [0.15, 0.2) is 82.7 Å². The number of aliphatic hydroxyl groups is 1. The predicted octanol–water partition coefficient (Wildman–Crippen LogP) is 17.6. The number of quaternary nitrogens is 1. The van der Waals surface area contributed by atoms with Crippen LogP contribution in [0.5, 0.6) is 0 Å². The highest BCUT2D eigenvalue weighted by molar-refractivity contribution is 6.06. The first-order chi connectivity index (χ1) is 37.6. The molecule has 1 aliphatic heterocycles. The molecule has 2 heterocycles. The highest BCUT2D eigenvalue weighted by atomic mass is 19.1. The SMILES string of the molecule is C1CCCC1.CC/C=C(C)/C=C(\C=C(/C)C1=C(OC)CC[N+](C)(CCO)C1)C(=O)Nc1nc2ccc(C)cc2n1C.CCC(C)C(=O)CCCC(C)=O.CCCCC(C)CCC.CCCCC(CCC)Nc1cc(C)cc(F)c1. The van der Waals surface area contributed by atoms with Gasteiger partial charge in [-0.25, -0.2) is 9.37 Å². The van der Waals surface area contributed by atoms with E-state index in [2.05, 4.69) is 76.4 Å². The van der Waals surface area contributed by atoms with Gasteiger partial charge in [-0.15, -0.1) is 0 Å². The molecule has 0 spiro atoms. The maximum Gasteiger partial charge on any atom is 0.257 e. The monoisotopic (exact) mass is 1100 g/mol. The summed E-state index contributed by atoms with van der Waals surface area (Å²) in [5, 5.41) is 16.1. The lowest BCUT2D eigenvalue weighted by atomic mass is 9.96. The molecular weight excluding hydrogens is 986 g/mol. The van der Waals surface area contributed by atoms with Gasteiger partial charge >= 0.3 is 0 Å². The molecule has 446 valence electrons. The molecule has 0 saturated heterocycles. The fourth-order valence-electron chi connectivity index (χ4n) is 9.98. The number of ketones is 2. The lowest BCUT2D eigenvalue weighted by molar-refractivity contribution is -0.907. The molecule has 1 aliphatic carbocycles. The summed E-state index contributed by atoms with van der Waals surface area (Å²) in [4.78, 5) is 40.0. The van der Waals surface area contributed by atoms with E-state index in [1.165, 1.54) is 83.5 Å². The number of benzene rings is 2. The van der Waals surface area contributed by atoms with Gasteiger partial charge in [0.05, 0.1) is 44.8 Å². The first-order valence-corrected chi connectivity index (χ1v) is 30.7. The number of unbranched alkanes of at least 4 members (excludes halogenated alkanes) is 2. The zero-order valence-corrected chi connectivity index (χ0v) is 52.9. The van der Waals surface area contributed by atoms with Gasteiger partial charge in [-0.3, -0.25) is 14.9 Å². The number of allylic oxidation sites excluding steroid dienone is 3. The molecule has 2 aliphatic rings. The van der Waals surface area contributed by atoms with Gasteiger partial charge in [0.25, 0.3) is 5.91 Å². The Hall–Kier alpha value is -4.87. The highest BCUT2D eigenvalue weighted by Gasteiger charge is 2.31. The number of aryl methyl sites for hydroxylation is 3. The number of Topliss-reactive ketones (excluding diaryl/α,β-unsaturated/α-hetero) is 2. The number of nitrogens with one attached hydrogen (secondary N) is 2. The van der Waals surface area contributed by atoms with Crippen molar-refractivity contribution in [3.05, 3.63) is 99.6 Å². The molecule has 3 aromatic rings. The molecule has 0 bridgehead atoms. The van der Waals surface area contributed by atoms with Gasteiger partial charge in [0.1, 0.15) is 36.2 Å². The van der Waals surface area contributed by atoms with Crippen molar-refractivity contribution in [1.29, 1.82) is 0 Å². The van der Waals surface area contributed by atoms with Crippen LogP contribution in [0, 0.1) is 31.5 Å². The van der Waals surface area contributed by atoms with Crippen LogP contribution in [0.3, 0.4) is 0 Å². The third-order valence-electron chi connectivity index (χ3n) is 15.1. The summed E-state index contributed by atoms with van der Waals surface area (Å²) >= 11 is 0. The number of hydrogen-bond donors (Lipinski definition) is 3. The number of carbonyl (C=O) groups is 3. The molecule has 5 rings (SSSR count). The molecule has 2 aromatic carbocycles. The van der Waals surface area contributed by atoms with Crippen LogP contribution in [-0.4, -0.2) is 83.1 Å². The maximum absolute atomic E-state index is 13.6. The van der Waals surface area contributed by atoms with Crippen LogP contribution < -0.4 is 10.6 Å². The number of fused-ring (bicyclic) bond motifs is 1. The first-order valence-electron chi connectivity index (χ1n) is 30.7. The van der Waals surface area contributed by atoms with E-state index < -0.39 is 0 Å². The minimum atomic E-state index is -0.212. The molecule has 1 aromatic heterocycles. The fourth-order valence-corrected chi connectivity index (χ4v) is 9.98. The van der Waals surface area contributed by atoms with Crippen molar-refractivity contribution >= 4 is 40.1 Å². The minimum Gasteiger partial charge on any atom is -0.500 e. The second-order valence-corrected chi connectivity index (χ2v) is 23.0. The number of ether oxygens (including phenoxy) is 1. The number of aromatic nitrogens is 2. The average Bonchev–Trinajstić information content (AvgIpc) is 4.10. The van der Waals surface area contributed by atoms with E-state index >= 15 is 0 Å². The number of nitrogens with zero attached hydrogens (tertiary/aromatic N) is 3. The van der Waals surface area contributed by atoms with E-state index in [1.54, 1.807) is 26.2 Å². The third kappa shape index (κ3) is 30.0. The summed E-state index contributed by atoms with van der Waals surface area (Å²) in [5.41, 5.74) is 8.51. The van der Waals surface area contributed by atoms with E-state index in [4.69, 9.17) is 4.74 Å². The number of halogens is 1. The molecule has 1 saturated carbocycles. The van der Waals surface area contributed by atoms with Gasteiger partial charge in [0.15, 0.2) is 0 Å². The number of hydrogen-bond acceptors (Lipinski definition) is 7. The summed E-state index contributed by atoms with van der Waals surface area (Å²) in [6.45, 7) is 29.4. The Morgan fingerprint density at radius 3 is 2.03 bits per heavy atom.